The van der Waals surface area contributed by atoms with Gasteiger partial charge in [-0.2, -0.15) is 18.4 Å². The highest BCUT2D eigenvalue weighted by Gasteiger charge is 2.38. The van der Waals surface area contributed by atoms with Crippen LogP contribution >= 0.6 is 22.9 Å². The molecule has 1 N–H and O–H groups in total. The molecule has 6 rings (SSSR count). The largest absolute Gasteiger partial charge is 0.491 e. The molecule has 1 aliphatic rings. The van der Waals surface area contributed by atoms with Gasteiger partial charge in [0.1, 0.15) is 18.4 Å². The third-order valence-electron chi connectivity index (χ3n) is 8.31. The number of carboxylic acid groups (broad SMARTS) is 1. The van der Waals surface area contributed by atoms with Crippen LogP contribution in [0.5, 0.6) is 5.75 Å². The van der Waals surface area contributed by atoms with E-state index in [0.29, 0.717) is 50.9 Å². The van der Waals surface area contributed by atoms with Crippen LogP contribution in [0.1, 0.15) is 27.2 Å². The Labute approximate surface area is 275 Å². The summed E-state index contributed by atoms with van der Waals surface area (Å²) in [6.07, 6.45) is -3.23. The molecule has 1 fully saturated rings. The van der Waals surface area contributed by atoms with Gasteiger partial charge in [0.2, 0.25) is 0 Å². The van der Waals surface area contributed by atoms with Gasteiger partial charge in [0.15, 0.2) is 0 Å². The second kappa shape index (κ2) is 12.5. The van der Waals surface area contributed by atoms with Crippen molar-refractivity contribution in [3.05, 3.63) is 85.7 Å². The van der Waals surface area contributed by atoms with Crippen molar-refractivity contribution < 1.29 is 27.8 Å². The number of rotatable bonds is 7. The predicted molar refractivity (Wildman–Crippen MR) is 175 cm³/mol. The summed E-state index contributed by atoms with van der Waals surface area (Å²) in [5.41, 5.74) is -0.00379. The molecular weight excluding hydrogens is 655 g/mol. The number of pyridine rings is 2. The molecule has 0 atom stereocenters. The molecule has 3 aromatic heterocycles. The Bertz CT molecular complexity index is 2150. The molecule has 242 valence electrons. The number of ether oxygens (including phenoxy) is 1. The number of hydrogen-bond acceptors (Lipinski definition) is 8. The fourth-order valence-corrected chi connectivity index (χ4v) is 7.18. The maximum atomic E-state index is 14.4. The minimum absolute atomic E-state index is 0.00618. The molecule has 5 aromatic rings. The van der Waals surface area contributed by atoms with Gasteiger partial charge in [-0.05, 0) is 55.8 Å². The number of carbonyl (C=O) groups is 1. The van der Waals surface area contributed by atoms with E-state index >= 15 is 0 Å². The fourth-order valence-electron chi connectivity index (χ4n) is 5.98. The van der Waals surface area contributed by atoms with Gasteiger partial charge in [0.25, 0.3) is 5.56 Å². The SMILES string of the molecule is Cc1cc2cc(C(F)(F)F)c(N3CCN(C)CC3)c(C#N)c2c(=O)n1CCOc1ccc(Cl)cc1-c1ccnc2c(C(=O)O)csc12. The van der Waals surface area contributed by atoms with Crippen molar-refractivity contribution in [3.63, 3.8) is 0 Å². The number of alkyl halides is 3. The molecule has 0 aliphatic carbocycles. The van der Waals surface area contributed by atoms with Gasteiger partial charge in [0.05, 0.1) is 44.5 Å². The molecule has 47 heavy (non-hydrogen) atoms. The summed E-state index contributed by atoms with van der Waals surface area (Å²) in [6.45, 7) is 3.24. The Morgan fingerprint density at radius 3 is 2.57 bits per heavy atom. The monoisotopic (exact) mass is 681 g/mol. The average molecular weight is 682 g/mol. The topological polar surface area (TPSA) is 112 Å². The number of nitrogens with zero attached hydrogens (tertiary/aromatic N) is 5. The molecule has 9 nitrogen and oxygen atoms in total. The number of hydrogen-bond donors (Lipinski definition) is 1. The van der Waals surface area contributed by atoms with E-state index in [1.807, 2.05) is 18.0 Å². The van der Waals surface area contributed by atoms with E-state index in [9.17, 15) is 33.1 Å². The Morgan fingerprint density at radius 2 is 1.89 bits per heavy atom. The van der Waals surface area contributed by atoms with E-state index < -0.39 is 23.3 Å². The lowest BCUT2D eigenvalue weighted by Crippen LogP contribution is -2.45. The molecule has 0 saturated carbocycles. The second-order valence-corrected chi connectivity index (χ2v) is 12.6. The van der Waals surface area contributed by atoms with Crippen molar-refractivity contribution in [2.75, 3.05) is 44.7 Å². The van der Waals surface area contributed by atoms with Crippen LogP contribution in [0.3, 0.4) is 0 Å². The van der Waals surface area contributed by atoms with E-state index in [2.05, 4.69) is 4.98 Å². The predicted octanol–water partition coefficient (Wildman–Crippen LogP) is 6.66. The first-order valence-electron chi connectivity index (χ1n) is 14.5. The Kier molecular flexibility index (Phi) is 8.61. The Morgan fingerprint density at radius 1 is 1.15 bits per heavy atom. The average Bonchev–Trinajstić information content (AvgIpc) is 3.47. The van der Waals surface area contributed by atoms with Gasteiger partial charge in [-0.3, -0.25) is 9.78 Å². The normalized spacial score (nSPS) is 14.1. The third kappa shape index (κ3) is 6.00. The van der Waals surface area contributed by atoms with Gasteiger partial charge in [0, 0.05) is 59.6 Å². The van der Waals surface area contributed by atoms with Gasteiger partial charge in [-0.15, -0.1) is 11.3 Å². The van der Waals surface area contributed by atoms with Crippen LogP contribution in [0.25, 0.3) is 32.1 Å². The summed E-state index contributed by atoms with van der Waals surface area (Å²) < 4.78 is 51.2. The maximum absolute atomic E-state index is 14.4. The van der Waals surface area contributed by atoms with Crippen LogP contribution in [-0.2, 0) is 12.7 Å². The number of piperazine rings is 1. The Balaban J connectivity index is 1.37. The van der Waals surface area contributed by atoms with E-state index in [1.165, 1.54) is 33.5 Å². The van der Waals surface area contributed by atoms with Crippen LogP contribution in [0.4, 0.5) is 18.9 Å². The van der Waals surface area contributed by atoms with E-state index in [1.54, 1.807) is 36.1 Å². The van der Waals surface area contributed by atoms with Crippen LogP contribution < -0.4 is 15.2 Å². The lowest BCUT2D eigenvalue weighted by atomic mass is 9.97. The molecule has 1 saturated heterocycles. The summed E-state index contributed by atoms with van der Waals surface area (Å²) in [4.78, 5) is 33.4. The molecule has 4 heterocycles. The zero-order valence-electron chi connectivity index (χ0n) is 25.2. The number of anilines is 1. The number of aromatic carboxylic acids is 1. The Hall–Kier alpha value is -4.64. The number of aryl methyl sites for hydroxylation is 1. The van der Waals surface area contributed by atoms with E-state index in [4.69, 9.17) is 16.3 Å². The fraction of sp³-hybridized carbons (Fsp3) is 0.273. The van der Waals surface area contributed by atoms with Crippen LogP contribution in [0.15, 0.2) is 52.8 Å². The minimum atomic E-state index is -4.73. The first-order chi connectivity index (χ1) is 22.4. The van der Waals surface area contributed by atoms with Crippen molar-refractivity contribution in [2.45, 2.75) is 19.6 Å². The smallest absolute Gasteiger partial charge is 0.418 e. The summed E-state index contributed by atoms with van der Waals surface area (Å²) in [6, 6.07) is 11.1. The number of thiophene rings is 1. The van der Waals surface area contributed by atoms with E-state index in [0.717, 1.165) is 6.07 Å². The van der Waals surface area contributed by atoms with Crippen molar-refractivity contribution in [2.24, 2.45) is 0 Å². The molecule has 2 aromatic carbocycles. The number of likely N-dealkylation sites (N-methyl/N-ethyl adjacent to an activating group) is 1. The van der Waals surface area contributed by atoms with Crippen molar-refractivity contribution in [3.8, 4) is 22.9 Å². The first-order valence-corrected chi connectivity index (χ1v) is 15.8. The standard InChI is InChI=1S/C33H27ClF3N5O4S/c1-18-13-19-14-25(33(35,36)37)29(41-9-7-40(2)8-10-41)23(16-38)27(19)31(43)42(18)11-12-46-26-4-3-20(34)15-22(26)21-5-6-39-28-24(32(44)45)17-47-30(21)28/h3-6,13-15,17H,7-12H2,1-2H3,(H,44,45). The molecule has 14 heteroatoms. The quantitative estimate of drug-likeness (QED) is 0.203. The number of benzene rings is 2. The van der Waals surface area contributed by atoms with Crippen molar-refractivity contribution >= 4 is 55.6 Å². The first kappa shape index (κ1) is 32.3. The highest BCUT2D eigenvalue weighted by molar-refractivity contribution is 7.18. The summed E-state index contributed by atoms with van der Waals surface area (Å²) >= 11 is 7.57. The van der Waals surface area contributed by atoms with Crippen molar-refractivity contribution in [1.29, 1.82) is 5.26 Å². The number of carboxylic acids is 1. The molecule has 0 unspecified atom stereocenters. The summed E-state index contributed by atoms with van der Waals surface area (Å²) in [7, 11) is 1.87. The summed E-state index contributed by atoms with van der Waals surface area (Å²) in [5, 5.41) is 21.7. The minimum Gasteiger partial charge on any atom is -0.491 e. The van der Waals surface area contributed by atoms with Crippen LogP contribution in [-0.4, -0.2) is 65.4 Å². The highest BCUT2D eigenvalue weighted by Crippen LogP contribution is 2.42. The summed E-state index contributed by atoms with van der Waals surface area (Å²) in [5.74, 6) is -0.673. The number of nitriles is 1. The highest BCUT2D eigenvalue weighted by atomic mass is 35.5. The van der Waals surface area contributed by atoms with Crippen molar-refractivity contribution in [1.82, 2.24) is 14.5 Å². The number of halogens is 4. The lowest BCUT2D eigenvalue weighted by Gasteiger charge is -2.36. The zero-order valence-corrected chi connectivity index (χ0v) is 26.8. The molecule has 0 amide bonds. The van der Waals surface area contributed by atoms with Gasteiger partial charge in [-0.1, -0.05) is 11.6 Å². The van der Waals surface area contributed by atoms with Gasteiger partial charge in [-0.25, -0.2) is 4.79 Å². The van der Waals surface area contributed by atoms with Gasteiger partial charge >= 0.3 is 12.1 Å². The maximum Gasteiger partial charge on any atom is 0.418 e. The second-order valence-electron chi connectivity index (χ2n) is 11.2. The van der Waals surface area contributed by atoms with Crippen LogP contribution in [0.2, 0.25) is 5.02 Å². The molecule has 1 aliphatic heterocycles. The molecule has 0 radical (unpaired) electrons. The molecule has 0 spiro atoms. The number of aromatic nitrogens is 2. The van der Waals surface area contributed by atoms with Crippen LogP contribution in [0, 0.1) is 18.3 Å². The van der Waals surface area contributed by atoms with Gasteiger partial charge < -0.3 is 24.2 Å². The molecular formula is C33H27ClF3N5O4S. The third-order valence-corrected chi connectivity index (χ3v) is 9.54. The zero-order chi connectivity index (χ0) is 33.6. The number of fused-ring (bicyclic) bond motifs is 2. The van der Waals surface area contributed by atoms with E-state index in [-0.39, 0.29) is 53.8 Å². The lowest BCUT2D eigenvalue weighted by molar-refractivity contribution is -0.137. The molecule has 0 bridgehead atoms.